The van der Waals surface area contributed by atoms with Gasteiger partial charge in [0, 0.05) is 18.2 Å². The summed E-state index contributed by atoms with van der Waals surface area (Å²) in [7, 11) is 0. The Bertz CT molecular complexity index is 850. The lowest BCUT2D eigenvalue weighted by atomic mass is 9.98. The Morgan fingerprint density at radius 3 is 2.19 bits per heavy atom. The number of nitrogens with zero attached hydrogens (tertiary/aromatic N) is 1. The number of phenolic OH excluding ortho intramolecular Hbond substituents is 1. The number of nitrogens with one attached hydrogen (secondary N) is 2. The molecule has 1 rings (SSSR count). The third kappa shape index (κ3) is 10.5. The molecular weight excluding hydrogens is 458 g/mol. The molecule has 204 valence electrons. The van der Waals surface area contributed by atoms with E-state index in [0.29, 0.717) is 24.9 Å². The van der Waals surface area contributed by atoms with E-state index < -0.39 is 23.8 Å². The molecule has 3 amide bonds. The largest absolute Gasteiger partial charge is 0.508 e. The van der Waals surface area contributed by atoms with Crippen LogP contribution in [-0.4, -0.2) is 52.1 Å². The minimum Gasteiger partial charge on any atom is -0.508 e. The molecule has 3 N–H and O–H groups in total. The first kappa shape index (κ1) is 31.3. The summed E-state index contributed by atoms with van der Waals surface area (Å²) >= 11 is 0. The number of hydrogen-bond donors (Lipinski definition) is 3. The van der Waals surface area contributed by atoms with Gasteiger partial charge in [0.2, 0.25) is 11.8 Å². The van der Waals surface area contributed by atoms with Gasteiger partial charge < -0.3 is 25.4 Å². The van der Waals surface area contributed by atoms with Gasteiger partial charge >= 0.3 is 6.09 Å². The van der Waals surface area contributed by atoms with E-state index in [0.717, 1.165) is 19.3 Å². The number of amides is 3. The lowest BCUT2D eigenvalue weighted by molar-refractivity contribution is -0.143. The number of aromatic hydroxyl groups is 1. The van der Waals surface area contributed by atoms with E-state index in [1.54, 1.807) is 39.0 Å². The van der Waals surface area contributed by atoms with E-state index in [2.05, 4.69) is 10.6 Å². The number of ether oxygens (including phenoxy) is 1. The van der Waals surface area contributed by atoms with Crippen LogP contribution in [0.2, 0.25) is 0 Å². The summed E-state index contributed by atoms with van der Waals surface area (Å²) in [5.41, 5.74) is -0.367. The molecular formula is C28H47N3O5. The molecule has 1 aromatic carbocycles. The Morgan fingerprint density at radius 2 is 1.67 bits per heavy atom. The fourth-order valence-electron chi connectivity index (χ4n) is 4.03. The smallest absolute Gasteiger partial charge is 0.408 e. The monoisotopic (exact) mass is 505 g/mol. The summed E-state index contributed by atoms with van der Waals surface area (Å²) < 4.78 is 5.41. The van der Waals surface area contributed by atoms with Crippen LogP contribution >= 0.6 is 0 Å². The predicted octanol–water partition coefficient (Wildman–Crippen LogP) is 5.31. The maximum absolute atomic E-state index is 14.0. The van der Waals surface area contributed by atoms with Crippen LogP contribution in [0.25, 0.3) is 0 Å². The number of carbonyl (C=O) groups is 3. The summed E-state index contributed by atoms with van der Waals surface area (Å²) in [6, 6.07) is 4.57. The maximum Gasteiger partial charge on any atom is 0.408 e. The zero-order valence-corrected chi connectivity index (χ0v) is 23.4. The molecule has 8 nitrogen and oxygen atoms in total. The third-order valence-electron chi connectivity index (χ3n) is 5.63. The van der Waals surface area contributed by atoms with Crippen molar-refractivity contribution in [3.05, 3.63) is 29.8 Å². The van der Waals surface area contributed by atoms with Gasteiger partial charge in [-0.15, -0.1) is 0 Å². The Hall–Kier alpha value is -2.77. The van der Waals surface area contributed by atoms with Crippen molar-refractivity contribution in [2.45, 2.75) is 111 Å². The van der Waals surface area contributed by atoms with E-state index in [1.807, 2.05) is 34.6 Å². The van der Waals surface area contributed by atoms with Crippen LogP contribution in [0.3, 0.4) is 0 Å². The van der Waals surface area contributed by atoms with Crippen LogP contribution < -0.4 is 10.6 Å². The quantitative estimate of drug-likeness (QED) is 0.337. The SMILES string of the molecule is CCCCN(C(=O)C(CC(C)C)NC(=O)OC(C)(C)C)C(C(=O)NC(C)CCC)c1ccccc1O. The highest BCUT2D eigenvalue weighted by Crippen LogP contribution is 2.30. The molecule has 0 fully saturated rings. The fraction of sp³-hybridized carbons (Fsp3) is 0.679. The van der Waals surface area contributed by atoms with Gasteiger partial charge in [-0.3, -0.25) is 9.59 Å². The lowest BCUT2D eigenvalue weighted by Gasteiger charge is -2.35. The van der Waals surface area contributed by atoms with Crippen molar-refractivity contribution in [2.24, 2.45) is 5.92 Å². The third-order valence-corrected chi connectivity index (χ3v) is 5.63. The molecule has 3 unspecified atom stereocenters. The molecule has 36 heavy (non-hydrogen) atoms. The maximum atomic E-state index is 14.0. The van der Waals surface area contributed by atoms with Gasteiger partial charge in [-0.05, 0) is 58.9 Å². The second kappa shape index (κ2) is 14.7. The van der Waals surface area contributed by atoms with E-state index in [4.69, 9.17) is 4.74 Å². The van der Waals surface area contributed by atoms with Gasteiger partial charge in [0.05, 0.1) is 0 Å². The molecule has 0 radical (unpaired) electrons. The van der Waals surface area contributed by atoms with Crippen LogP contribution in [-0.2, 0) is 14.3 Å². The summed E-state index contributed by atoms with van der Waals surface area (Å²) in [5.74, 6) is -0.698. The Morgan fingerprint density at radius 1 is 1.03 bits per heavy atom. The number of hydrogen-bond acceptors (Lipinski definition) is 5. The van der Waals surface area contributed by atoms with Crippen molar-refractivity contribution in [3.8, 4) is 5.75 Å². The number of rotatable bonds is 13. The van der Waals surface area contributed by atoms with Crippen molar-refractivity contribution in [3.63, 3.8) is 0 Å². The molecule has 0 spiro atoms. The normalized spacial score (nSPS) is 14.0. The zero-order valence-electron chi connectivity index (χ0n) is 23.4. The molecule has 0 aliphatic heterocycles. The summed E-state index contributed by atoms with van der Waals surface area (Å²) in [4.78, 5) is 41.7. The van der Waals surface area contributed by atoms with Crippen molar-refractivity contribution in [1.29, 1.82) is 0 Å². The average molecular weight is 506 g/mol. The number of unbranched alkanes of at least 4 members (excludes halogenated alkanes) is 1. The van der Waals surface area contributed by atoms with Crippen LogP contribution in [0.5, 0.6) is 5.75 Å². The van der Waals surface area contributed by atoms with Gasteiger partial charge in [0.15, 0.2) is 0 Å². The van der Waals surface area contributed by atoms with Crippen LogP contribution in [0.4, 0.5) is 4.79 Å². The van der Waals surface area contributed by atoms with Gasteiger partial charge in [-0.1, -0.05) is 58.7 Å². The molecule has 0 saturated carbocycles. The summed E-state index contributed by atoms with van der Waals surface area (Å²) in [5, 5.41) is 16.4. The molecule has 0 bridgehead atoms. The fourth-order valence-corrected chi connectivity index (χ4v) is 4.03. The minimum absolute atomic E-state index is 0.0596. The second-order valence-electron chi connectivity index (χ2n) is 10.9. The van der Waals surface area contributed by atoms with Crippen LogP contribution in [0.1, 0.15) is 99.1 Å². The highest BCUT2D eigenvalue weighted by atomic mass is 16.6. The highest BCUT2D eigenvalue weighted by molar-refractivity contribution is 5.92. The molecule has 0 saturated heterocycles. The molecule has 0 aliphatic carbocycles. The summed E-state index contributed by atoms with van der Waals surface area (Å²) in [6.45, 7) is 15.5. The molecule has 0 aliphatic rings. The average Bonchev–Trinajstić information content (AvgIpc) is 2.75. The van der Waals surface area contributed by atoms with E-state index >= 15 is 0 Å². The van der Waals surface area contributed by atoms with Crippen molar-refractivity contribution in [2.75, 3.05) is 6.54 Å². The first-order valence-electron chi connectivity index (χ1n) is 13.2. The zero-order chi connectivity index (χ0) is 27.5. The standard InChI is InChI=1S/C28H47N3O5/c1-9-11-17-31(26(34)22(18-19(3)4)30-27(35)36-28(6,7)8)24(21-15-12-13-16-23(21)32)25(33)29-20(5)14-10-2/h12-13,15-16,19-20,22,24,32H,9-11,14,17-18H2,1-8H3,(H,29,33)(H,30,35). The molecule has 0 heterocycles. The Kier molecular flexibility index (Phi) is 12.8. The van der Waals surface area contributed by atoms with E-state index in [-0.39, 0.29) is 29.5 Å². The Labute approximate surface area is 217 Å². The van der Waals surface area contributed by atoms with Gasteiger partial charge in [-0.25, -0.2) is 4.79 Å². The molecule has 1 aromatic rings. The second-order valence-corrected chi connectivity index (χ2v) is 10.9. The Balaban J connectivity index is 3.48. The van der Waals surface area contributed by atoms with Crippen molar-refractivity contribution < 1.29 is 24.2 Å². The van der Waals surface area contributed by atoms with Crippen molar-refractivity contribution in [1.82, 2.24) is 15.5 Å². The van der Waals surface area contributed by atoms with E-state index in [9.17, 15) is 19.5 Å². The number of phenols is 1. The van der Waals surface area contributed by atoms with Gasteiger partial charge in [0.25, 0.3) is 0 Å². The minimum atomic E-state index is -1.04. The van der Waals surface area contributed by atoms with Crippen molar-refractivity contribution >= 4 is 17.9 Å². The first-order chi connectivity index (χ1) is 16.8. The van der Waals surface area contributed by atoms with Gasteiger partial charge in [-0.2, -0.15) is 0 Å². The number of benzene rings is 1. The lowest BCUT2D eigenvalue weighted by Crippen LogP contribution is -2.54. The molecule has 8 heteroatoms. The summed E-state index contributed by atoms with van der Waals surface area (Å²) in [6.07, 6.45) is 2.85. The topological polar surface area (TPSA) is 108 Å². The number of carbonyl (C=O) groups excluding carboxylic acids is 3. The highest BCUT2D eigenvalue weighted by Gasteiger charge is 2.37. The molecule has 3 atom stereocenters. The molecule has 0 aromatic heterocycles. The van der Waals surface area contributed by atoms with Gasteiger partial charge in [0.1, 0.15) is 23.4 Å². The number of para-hydroxylation sites is 1. The predicted molar refractivity (Wildman–Crippen MR) is 143 cm³/mol. The van der Waals surface area contributed by atoms with Crippen LogP contribution in [0, 0.1) is 5.92 Å². The van der Waals surface area contributed by atoms with Crippen LogP contribution in [0.15, 0.2) is 24.3 Å². The first-order valence-corrected chi connectivity index (χ1v) is 13.2. The number of alkyl carbamates (subject to hydrolysis) is 1. The van der Waals surface area contributed by atoms with E-state index in [1.165, 1.54) is 11.0 Å².